The van der Waals surface area contributed by atoms with Crippen molar-refractivity contribution in [3.63, 3.8) is 0 Å². The van der Waals surface area contributed by atoms with E-state index < -0.39 is 6.04 Å². The van der Waals surface area contributed by atoms with Crippen LogP contribution in [0.25, 0.3) is 0 Å². The maximum atomic E-state index is 12.5. The van der Waals surface area contributed by atoms with E-state index in [2.05, 4.69) is 10.3 Å². The fourth-order valence-electron chi connectivity index (χ4n) is 2.96. The number of aryl methyl sites for hydroxylation is 1. The molecule has 2 heterocycles. The fraction of sp³-hybridized carbons (Fsp3) is 0.353. The number of thiazole rings is 1. The van der Waals surface area contributed by atoms with Gasteiger partial charge in [0, 0.05) is 30.2 Å². The summed E-state index contributed by atoms with van der Waals surface area (Å²) in [6.45, 7) is 0.624. The highest BCUT2D eigenvalue weighted by atomic mass is 32.1. The molecule has 1 aromatic carbocycles. The molecule has 6 nitrogen and oxygen atoms in total. The number of carbonyl (C=O) groups is 2. The van der Waals surface area contributed by atoms with Crippen LogP contribution in [0.5, 0.6) is 0 Å². The third-order valence-corrected chi connectivity index (χ3v) is 4.89. The van der Waals surface area contributed by atoms with Crippen molar-refractivity contribution in [3.05, 3.63) is 41.4 Å². The first-order valence-corrected chi connectivity index (χ1v) is 8.86. The number of aromatic nitrogens is 1. The molecule has 2 amide bonds. The molecule has 3 rings (SSSR count). The van der Waals surface area contributed by atoms with E-state index in [1.54, 1.807) is 16.5 Å². The summed E-state index contributed by atoms with van der Waals surface area (Å²) in [4.78, 5) is 30.7. The summed E-state index contributed by atoms with van der Waals surface area (Å²) in [6, 6.07) is 7.14. The molecule has 2 aromatic rings. The lowest BCUT2D eigenvalue weighted by atomic mass is 10.1. The number of likely N-dealkylation sites (tertiary alicyclic amines) is 1. The molecule has 1 aliphatic heterocycles. The Morgan fingerprint density at radius 2 is 2.21 bits per heavy atom. The van der Waals surface area contributed by atoms with Crippen molar-refractivity contribution >= 4 is 34.0 Å². The summed E-state index contributed by atoms with van der Waals surface area (Å²) >= 11 is 1.37. The Labute approximate surface area is 144 Å². The highest BCUT2D eigenvalue weighted by molar-refractivity contribution is 7.13. The van der Waals surface area contributed by atoms with Gasteiger partial charge in [-0.1, -0.05) is 18.2 Å². The van der Waals surface area contributed by atoms with Gasteiger partial charge in [-0.3, -0.25) is 9.59 Å². The number of hydrogen-bond donors (Lipinski definition) is 2. The molecule has 1 saturated heterocycles. The van der Waals surface area contributed by atoms with E-state index in [9.17, 15) is 9.59 Å². The summed E-state index contributed by atoms with van der Waals surface area (Å²) in [5, 5.41) is 5.16. The van der Waals surface area contributed by atoms with E-state index >= 15 is 0 Å². The van der Waals surface area contributed by atoms with Gasteiger partial charge in [0.1, 0.15) is 6.04 Å². The lowest BCUT2D eigenvalue weighted by Crippen LogP contribution is -2.43. The van der Waals surface area contributed by atoms with Crippen molar-refractivity contribution in [3.8, 4) is 0 Å². The van der Waals surface area contributed by atoms with E-state index in [0.29, 0.717) is 36.6 Å². The molecule has 0 spiro atoms. The van der Waals surface area contributed by atoms with Gasteiger partial charge >= 0.3 is 0 Å². The number of nitrogens with one attached hydrogen (secondary N) is 1. The van der Waals surface area contributed by atoms with Gasteiger partial charge < -0.3 is 16.0 Å². The second-order valence-corrected chi connectivity index (χ2v) is 6.67. The highest BCUT2D eigenvalue weighted by Gasteiger charge is 2.34. The molecule has 7 heteroatoms. The minimum atomic E-state index is -0.408. The molecular weight excluding hydrogens is 324 g/mol. The normalized spacial score (nSPS) is 17.0. The van der Waals surface area contributed by atoms with Crippen LogP contribution in [-0.4, -0.2) is 34.3 Å². The van der Waals surface area contributed by atoms with Crippen molar-refractivity contribution in [1.82, 2.24) is 9.88 Å². The van der Waals surface area contributed by atoms with E-state index in [1.807, 2.05) is 24.3 Å². The lowest BCUT2D eigenvalue weighted by molar-refractivity contribution is -0.136. The maximum Gasteiger partial charge on any atom is 0.248 e. The predicted octanol–water partition coefficient (Wildman–Crippen LogP) is 2.29. The molecule has 1 fully saturated rings. The van der Waals surface area contributed by atoms with Crippen molar-refractivity contribution in [2.24, 2.45) is 0 Å². The second-order valence-electron chi connectivity index (χ2n) is 5.77. The van der Waals surface area contributed by atoms with Gasteiger partial charge in [-0.2, -0.15) is 0 Å². The van der Waals surface area contributed by atoms with Gasteiger partial charge in [0.15, 0.2) is 5.13 Å². The van der Waals surface area contributed by atoms with Gasteiger partial charge in [-0.05, 0) is 30.9 Å². The van der Waals surface area contributed by atoms with Crippen LogP contribution in [0, 0.1) is 0 Å². The fourth-order valence-corrected chi connectivity index (χ4v) is 3.49. The largest absolute Gasteiger partial charge is 0.399 e. The highest BCUT2D eigenvalue weighted by Crippen LogP contribution is 2.22. The van der Waals surface area contributed by atoms with Crippen LogP contribution < -0.4 is 11.1 Å². The van der Waals surface area contributed by atoms with Gasteiger partial charge in [0.2, 0.25) is 11.8 Å². The first-order valence-electron chi connectivity index (χ1n) is 7.98. The van der Waals surface area contributed by atoms with Gasteiger partial charge in [0.25, 0.3) is 0 Å². The zero-order valence-electron chi connectivity index (χ0n) is 13.3. The molecule has 1 aliphatic rings. The Hall–Kier alpha value is -2.41. The van der Waals surface area contributed by atoms with Crippen LogP contribution >= 0.6 is 11.3 Å². The molecule has 0 saturated carbocycles. The number of hydrogen-bond acceptors (Lipinski definition) is 5. The monoisotopic (exact) mass is 344 g/mol. The standard InChI is InChI=1S/C17H20N4O2S/c18-13-5-2-1-4-12(13)7-8-15(22)21-10-3-6-14(21)16(23)20-17-19-9-11-24-17/h1-2,4-5,9,11,14H,3,6-8,10,18H2,(H,19,20,23). The van der Waals surface area contributed by atoms with E-state index in [1.165, 1.54) is 11.3 Å². The Bertz CT molecular complexity index is 717. The van der Waals surface area contributed by atoms with Crippen LogP contribution in [0.4, 0.5) is 10.8 Å². The Morgan fingerprint density at radius 1 is 1.38 bits per heavy atom. The number of carbonyl (C=O) groups excluding carboxylic acids is 2. The first kappa shape index (κ1) is 16.4. The third-order valence-electron chi connectivity index (χ3n) is 4.20. The molecule has 0 aliphatic carbocycles. The van der Waals surface area contributed by atoms with E-state index in [0.717, 1.165) is 12.0 Å². The average molecular weight is 344 g/mol. The molecule has 1 unspecified atom stereocenters. The quantitative estimate of drug-likeness (QED) is 0.815. The Kier molecular flexibility index (Phi) is 5.10. The molecule has 1 aromatic heterocycles. The van der Waals surface area contributed by atoms with Crippen LogP contribution in [0.2, 0.25) is 0 Å². The topological polar surface area (TPSA) is 88.3 Å². The summed E-state index contributed by atoms with van der Waals surface area (Å²) < 4.78 is 0. The number of nitrogens with zero attached hydrogens (tertiary/aromatic N) is 2. The number of para-hydroxylation sites is 1. The van der Waals surface area contributed by atoms with Gasteiger partial charge in [-0.15, -0.1) is 11.3 Å². The SMILES string of the molecule is Nc1ccccc1CCC(=O)N1CCCC1C(=O)Nc1nccs1. The minimum absolute atomic E-state index is 0.00459. The number of benzene rings is 1. The Balaban J connectivity index is 1.59. The predicted molar refractivity (Wildman–Crippen MR) is 94.7 cm³/mol. The zero-order valence-corrected chi connectivity index (χ0v) is 14.1. The number of amides is 2. The van der Waals surface area contributed by atoms with E-state index in [-0.39, 0.29) is 11.8 Å². The summed E-state index contributed by atoms with van der Waals surface area (Å²) in [5.74, 6) is -0.162. The van der Waals surface area contributed by atoms with Crippen LogP contribution in [0.3, 0.4) is 0 Å². The second kappa shape index (κ2) is 7.44. The average Bonchev–Trinajstić information content (AvgIpc) is 3.25. The van der Waals surface area contributed by atoms with Crippen molar-refractivity contribution in [1.29, 1.82) is 0 Å². The molecule has 3 N–H and O–H groups in total. The minimum Gasteiger partial charge on any atom is -0.399 e. The van der Waals surface area contributed by atoms with Gasteiger partial charge in [-0.25, -0.2) is 4.98 Å². The Morgan fingerprint density at radius 3 is 2.96 bits per heavy atom. The third kappa shape index (κ3) is 3.73. The van der Waals surface area contributed by atoms with Crippen LogP contribution in [0.15, 0.2) is 35.8 Å². The smallest absolute Gasteiger partial charge is 0.248 e. The number of anilines is 2. The first-order chi connectivity index (χ1) is 11.6. The molecule has 1 atom stereocenters. The lowest BCUT2D eigenvalue weighted by Gasteiger charge is -2.23. The van der Waals surface area contributed by atoms with Crippen LogP contribution in [0.1, 0.15) is 24.8 Å². The summed E-state index contributed by atoms with van der Waals surface area (Å²) in [6.07, 6.45) is 4.12. The van der Waals surface area contributed by atoms with Crippen molar-refractivity contribution in [2.75, 3.05) is 17.6 Å². The molecule has 0 radical (unpaired) electrons. The van der Waals surface area contributed by atoms with Crippen molar-refractivity contribution < 1.29 is 9.59 Å². The zero-order chi connectivity index (χ0) is 16.9. The number of rotatable bonds is 5. The van der Waals surface area contributed by atoms with E-state index in [4.69, 9.17) is 5.73 Å². The molecular formula is C17H20N4O2S. The van der Waals surface area contributed by atoms with Crippen LogP contribution in [-0.2, 0) is 16.0 Å². The van der Waals surface area contributed by atoms with Crippen molar-refractivity contribution in [2.45, 2.75) is 31.7 Å². The number of nitrogens with two attached hydrogens (primary N) is 1. The summed E-state index contributed by atoms with van der Waals surface area (Å²) in [5.41, 5.74) is 7.58. The molecule has 24 heavy (non-hydrogen) atoms. The number of nitrogen functional groups attached to an aromatic ring is 1. The summed E-state index contributed by atoms with van der Waals surface area (Å²) in [7, 11) is 0. The van der Waals surface area contributed by atoms with Gasteiger partial charge in [0.05, 0.1) is 0 Å². The molecule has 0 bridgehead atoms. The molecule has 126 valence electrons. The maximum absolute atomic E-state index is 12.5.